The summed E-state index contributed by atoms with van der Waals surface area (Å²) in [5.74, 6) is 0.884. The van der Waals surface area contributed by atoms with Gasteiger partial charge < -0.3 is 24.2 Å². The number of para-hydroxylation sites is 1. The maximum atomic E-state index is 13.6. The molecule has 2 aromatic carbocycles. The SMILES string of the molecule is COc1ccc(-n2ccc3c(=O)n(CC4(O)CCN(C(=O)C5CCCCN5c5ccccc5)CC4)cnc32)cc1. The van der Waals surface area contributed by atoms with Crippen molar-refractivity contribution in [1.29, 1.82) is 0 Å². The average molecular weight is 542 g/mol. The summed E-state index contributed by atoms with van der Waals surface area (Å²) in [6, 6.07) is 19.3. The fraction of sp³-hybridized carbons (Fsp3) is 0.387. The second-order valence-electron chi connectivity index (χ2n) is 10.9. The minimum absolute atomic E-state index is 0.130. The fourth-order valence-electron chi connectivity index (χ4n) is 6.06. The Bertz CT molecular complexity index is 1540. The third-order valence-electron chi connectivity index (χ3n) is 8.37. The van der Waals surface area contributed by atoms with E-state index < -0.39 is 5.60 Å². The zero-order valence-electron chi connectivity index (χ0n) is 22.8. The normalized spacial score (nSPS) is 19.1. The van der Waals surface area contributed by atoms with Crippen molar-refractivity contribution in [1.82, 2.24) is 19.0 Å². The van der Waals surface area contributed by atoms with Crippen molar-refractivity contribution in [2.75, 3.05) is 31.6 Å². The molecule has 4 heterocycles. The largest absolute Gasteiger partial charge is 0.497 e. The average Bonchev–Trinajstić information content (AvgIpc) is 3.44. The minimum Gasteiger partial charge on any atom is -0.497 e. The predicted molar refractivity (Wildman–Crippen MR) is 154 cm³/mol. The van der Waals surface area contributed by atoms with E-state index in [4.69, 9.17) is 4.74 Å². The van der Waals surface area contributed by atoms with E-state index in [1.807, 2.05) is 58.1 Å². The number of hydrogen-bond donors (Lipinski definition) is 1. The number of anilines is 1. The summed E-state index contributed by atoms with van der Waals surface area (Å²) >= 11 is 0. The molecule has 1 amide bonds. The van der Waals surface area contributed by atoms with Gasteiger partial charge in [0.2, 0.25) is 5.91 Å². The minimum atomic E-state index is -1.08. The van der Waals surface area contributed by atoms with Crippen LogP contribution in [0.4, 0.5) is 5.69 Å². The summed E-state index contributed by atoms with van der Waals surface area (Å²) in [7, 11) is 1.62. The van der Waals surface area contributed by atoms with Gasteiger partial charge in [0.25, 0.3) is 5.56 Å². The van der Waals surface area contributed by atoms with Gasteiger partial charge in [0.1, 0.15) is 18.1 Å². The van der Waals surface area contributed by atoms with Crippen LogP contribution in [0.3, 0.4) is 0 Å². The molecule has 2 aliphatic heterocycles. The monoisotopic (exact) mass is 541 g/mol. The molecule has 2 fully saturated rings. The fourth-order valence-corrected chi connectivity index (χ4v) is 6.06. The molecule has 2 aliphatic rings. The molecule has 1 unspecified atom stereocenters. The first kappa shape index (κ1) is 26.1. The van der Waals surface area contributed by atoms with Crippen LogP contribution in [0, 0.1) is 0 Å². The van der Waals surface area contributed by atoms with Gasteiger partial charge in [-0.3, -0.25) is 14.2 Å². The van der Waals surface area contributed by atoms with Crippen LogP contribution in [0.25, 0.3) is 16.7 Å². The van der Waals surface area contributed by atoms with Crippen LogP contribution in [0.2, 0.25) is 0 Å². The third-order valence-corrected chi connectivity index (χ3v) is 8.37. The number of likely N-dealkylation sites (tertiary alicyclic amines) is 1. The molecular formula is C31H35N5O4. The van der Waals surface area contributed by atoms with Gasteiger partial charge in [0, 0.05) is 37.2 Å². The standard InChI is InChI=1S/C31H35N5O4/c1-40-25-12-10-24(11-13-25)36-18-14-26-28(36)32-22-34(29(26)37)21-31(39)15-19-33(20-16-31)30(38)27-9-5-6-17-35(27)23-7-3-2-4-8-23/h2-4,7-8,10-14,18,22,27,39H,5-6,9,15-17,19-21H2,1H3. The van der Waals surface area contributed by atoms with Crippen molar-refractivity contribution in [3.8, 4) is 11.4 Å². The van der Waals surface area contributed by atoms with E-state index in [2.05, 4.69) is 22.0 Å². The van der Waals surface area contributed by atoms with E-state index in [-0.39, 0.29) is 24.1 Å². The lowest BCUT2D eigenvalue weighted by Crippen LogP contribution is -2.56. The lowest BCUT2D eigenvalue weighted by atomic mass is 9.90. The number of nitrogens with zero attached hydrogens (tertiary/aromatic N) is 5. The van der Waals surface area contributed by atoms with Gasteiger partial charge in [-0.25, -0.2) is 4.98 Å². The number of piperidine rings is 2. The summed E-state index contributed by atoms with van der Waals surface area (Å²) in [6.07, 6.45) is 7.12. The molecule has 0 spiro atoms. The Kier molecular flexibility index (Phi) is 7.06. The number of ether oxygens (including phenoxy) is 1. The van der Waals surface area contributed by atoms with E-state index in [0.717, 1.165) is 42.9 Å². The van der Waals surface area contributed by atoms with Gasteiger partial charge in [0.15, 0.2) is 5.65 Å². The molecule has 208 valence electrons. The first-order chi connectivity index (χ1) is 19.5. The molecule has 9 heteroatoms. The number of amides is 1. The highest BCUT2D eigenvalue weighted by atomic mass is 16.5. The molecule has 9 nitrogen and oxygen atoms in total. The van der Waals surface area contributed by atoms with Crippen LogP contribution in [0.5, 0.6) is 5.75 Å². The number of fused-ring (bicyclic) bond motifs is 1. The summed E-state index contributed by atoms with van der Waals surface area (Å²) in [5, 5.41) is 11.9. The molecule has 2 saturated heterocycles. The Morgan fingerprint density at radius 2 is 1.75 bits per heavy atom. The number of aromatic nitrogens is 3. The van der Waals surface area contributed by atoms with Gasteiger partial charge in [-0.1, -0.05) is 18.2 Å². The van der Waals surface area contributed by atoms with E-state index in [0.29, 0.717) is 37.0 Å². The molecule has 40 heavy (non-hydrogen) atoms. The molecule has 0 saturated carbocycles. The van der Waals surface area contributed by atoms with Gasteiger partial charge >= 0.3 is 0 Å². The molecule has 2 aromatic heterocycles. The zero-order chi connectivity index (χ0) is 27.7. The molecule has 6 rings (SSSR count). The van der Waals surface area contributed by atoms with Gasteiger partial charge in [-0.05, 0) is 74.6 Å². The Morgan fingerprint density at radius 1 is 1.00 bits per heavy atom. The van der Waals surface area contributed by atoms with Crippen molar-refractivity contribution in [3.63, 3.8) is 0 Å². The maximum Gasteiger partial charge on any atom is 0.262 e. The first-order valence-electron chi connectivity index (χ1n) is 14.0. The maximum absolute atomic E-state index is 13.6. The van der Waals surface area contributed by atoms with E-state index in [1.54, 1.807) is 13.2 Å². The van der Waals surface area contributed by atoms with Crippen LogP contribution in [0.1, 0.15) is 32.1 Å². The second-order valence-corrected chi connectivity index (χ2v) is 10.9. The van der Waals surface area contributed by atoms with Crippen molar-refractivity contribution in [3.05, 3.63) is 83.5 Å². The van der Waals surface area contributed by atoms with Gasteiger partial charge in [-0.2, -0.15) is 0 Å². The first-order valence-corrected chi connectivity index (χ1v) is 14.0. The number of methoxy groups -OCH3 is 1. The highest BCUT2D eigenvalue weighted by molar-refractivity contribution is 5.85. The zero-order valence-corrected chi connectivity index (χ0v) is 22.8. The molecule has 0 bridgehead atoms. The number of carbonyl (C=O) groups is 1. The lowest BCUT2D eigenvalue weighted by Gasteiger charge is -2.43. The quantitative estimate of drug-likeness (QED) is 0.401. The molecular weight excluding hydrogens is 506 g/mol. The highest BCUT2D eigenvalue weighted by Gasteiger charge is 2.38. The van der Waals surface area contributed by atoms with Crippen molar-refractivity contribution in [2.24, 2.45) is 0 Å². The molecule has 0 radical (unpaired) electrons. The topological polar surface area (TPSA) is 92.8 Å². The number of carbonyl (C=O) groups excluding carboxylic acids is 1. The summed E-state index contributed by atoms with van der Waals surface area (Å²) in [5.41, 5.74) is 1.25. The van der Waals surface area contributed by atoms with Crippen LogP contribution in [0.15, 0.2) is 78.0 Å². The molecule has 1 atom stereocenters. The third kappa shape index (κ3) is 4.97. The van der Waals surface area contributed by atoms with Crippen molar-refractivity contribution >= 4 is 22.6 Å². The number of benzene rings is 2. The van der Waals surface area contributed by atoms with Crippen LogP contribution in [-0.4, -0.2) is 68.4 Å². The highest BCUT2D eigenvalue weighted by Crippen LogP contribution is 2.29. The van der Waals surface area contributed by atoms with Crippen molar-refractivity contribution in [2.45, 2.75) is 50.3 Å². The van der Waals surface area contributed by atoms with Crippen LogP contribution < -0.4 is 15.2 Å². The van der Waals surface area contributed by atoms with Crippen molar-refractivity contribution < 1.29 is 14.6 Å². The number of hydrogen-bond acceptors (Lipinski definition) is 6. The Balaban J connectivity index is 1.14. The van der Waals surface area contributed by atoms with E-state index >= 15 is 0 Å². The Labute approximate surface area is 233 Å². The van der Waals surface area contributed by atoms with Gasteiger partial charge in [-0.15, -0.1) is 0 Å². The second kappa shape index (κ2) is 10.8. The summed E-state index contributed by atoms with van der Waals surface area (Å²) in [4.78, 5) is 35.6. The smallest absolute Gasteiger partial charge is 0.262 e. The molecule has 4 aromatic rings. The van der Waals surface area contributed by atoms with E-state index in [9.17, 15) is 14.7 Å². The van der Waals surface area contributed by atoms with Crippen LogP contribution >= 0.6 is 0 Å². The lowest BCUT2D eigenvalue weighted by molar-refractivity contribution is -0.137. The Morgan fingerprint density at radius 3 is 2.48 bits per heavy atom. The summed E-state index contributed by atoms with van der Waals surface area (Å²) < 4.78 is 8.60. The number of aliphatic hydroxyl groups is 1. The summed E-state index contributed by atoms with van der Waals surface area (Å²) in [6.45, 7) is 1.94. The van der Waals surface area contributed by atoms with E-state index in [1.165, 1.54) is 10.9 Å². The van der Waals surface area contributed by atoms with Crippen LogP contribution in [-0.2, 0) is 11.3 Å². The molecule has 0 aliphatic carbocycles. The predicted octanol–water partition coefficient (Wildman–Crippen LogP) is 3.61. The number of rotatable bonds is 6. The Hall–Kier alpha value is -4.11. The van der Waals surface area contributed by atoms with Gasteiger partial charge in [0.05, 0.1) is 24.6 Å². The molecule has 1 N–H and O–H groups in total.